The third-order valence-corrected chi connectivity index (χ3v) is 3.06. The fourth-order valence-electron chi connectivity index (χ4n) is 1.70. The second-order valence-corrected chi connectivity index (χ2v) is 4.64. The maximum absolute atomic E-state index is 12.7. The van der Waals surface area contributed by atoms with Crippen molar-refractivity contribution in [1.29, 1.82) is 0 Å². The molecule has 2 N–H and O–H groups in total. The van der Waals surface area contributed by atoms with Crippen LogP contribution in [0.25, 0.3) is 0 Å². The van der Waals surface area contributed by atoms with Gasteiger partial charge in [-0.25, -0.2) is 9.18 Å². The SMILES string of the molecule is O=C(NCCc1ccc(F)cc1)Nc1ccccc1Cl. The van der Waals surface area contributed by atoms with Gasteiger partial charge >= 0.3 is 6.03 Å². The minimum Gasteiger partial charge on any atom is -0.338 e. The van der Waals surface area contributed by atoms with E-state index in [1.807, 2.05) is 0 Å². The molecule has 2 aromatic rings. The highest BCUT2D eigenvalue weighted by Gasteiger charge is 2.04. The summed E-state index contributed by atoms with van der Waals surface area (Å²) in [6, 6.07) is 12.9. The molecule has 0 unspecified atom stereocenters. The van der Waals surface area contributed by atoms with E-state index in [0.717, 1.165) is 5.56 Å². The highest BCUT2D eigenvalue weighted by Crippen LogP contribution is 2.19. The molecular weight excluding hydrogens is 279 g/mol. The van der Waals surface area contributed by atoms with Crippen LogP contribution in [0.4, 0.5) is 14.9 Å². The maximum Gasteiger partial charge on any atom is 0.319 e. The first kappa shape index (κ1) is 14.3. The second-order valence-electron chi connectivity index (χ2n) is 4.24. The third kappa shape index (κ3) is 4.24. The van der Waals surface area contributed by atoms with Crippen LogP contribution in [-0.4, -0.2) is 12.6 Å². The Morgan fingerprint density at radius 2 is 1.80 bits per heavy atom. The molecule has 20 heavy (non-hydrogen) atoms. The molecule has 5 heteroatoms. The predicted octanol–water partition coefficient (Wildman–Crippen LogP) is 3.84. The lowest BCUT2D eigenvalue weighted by Gasteiger charge is -2.08. The van der Waals surface area contributed by atoms with E-state index < -0.39 is 0 Å². The summed E-state index contributed by atoms with van der Waals surface area (Å²) in [5.74, 6) is -0.266. The van der Waals surface area contributed by atoms with Gasteiger partial charge in [0, 0.05) is 6.54 Å². The number of urea groups is 1. The normalized spacial score (nSPS) is 10.1. The first-order chi connectivity index (χ1) is 9.65. The number of amides is 2. The topological polar surface area (TPSA) is 41.1 Å². The number of carbonyl (C=O) groups is 1. The summed E-state index contributed by atoms with van der Waals surface area (Å²) in [4.78, 5) is 11.7. The van der Waals surface area contributed by atoms with Gasteiger partial charge in [-0.05, 0) is 36.2 Å². The summed E-state index contributed by atoms with van der Waals surface area (Å²) in [6.45, 7) is 0.460. The molecule has 0 aromatic heterocycles. The van der Waals surface area contributed by atoms with Crippen molar-refractivity contribution in [2.45, 2.75) is 6.42 Å². The van der Waals surface area contributed by atoms with Crippen molar-refractivity contribution in [2.75, 3.05) is 11.9 Å². The van der Waals surface area contributed by atoms with Gasteiger partial charge in [-0.1, -0.05) is 35.9 Å². The van der Waals surface area contributed by atoms with Crippen LogP contribution in [0, 0.1) is 5.82 Å². The van der Waals surface area contributed by atoms with E-state index in [1.165, 1.54) is 12.1 Å². The van der Waals surface area contributed by atoms with Crippen LogP contribution in [-0.2, 0) is 6.42 Å². The molecule has 0 bridgehead atoms. The van der Waals surface area contributed by atoms with Gasteiger partial charge in [0.05, 0.1) is 10.7 Å². The van der Waals surface area contributed by atoms with Crippen molar-refractivity contribution in [2.24, 2.45) is 0 Å². The van der Waals surface area contributed by atoms with Crippen LogP contribution < -0.4 is 10.6 Å². The minimum absolute atomic E-state index is 0.266. The smallest absolute Gasteiger partial charge is 0.319 e. The Morgan fingerprint density at radius 3 is 2.50 bits per heavy atom. The zero-order chi connectivity index (χ0) is 14.4. The Bertz CT molecular complexity index is 587. The van der Waals surface area contributed by atoms with Crippen LogP contribution in [0.15, 0.2) is 48.5 Å². The lowest BCUT2D eigenvalue weighted by atomic mass is 10.1. The van der Waals surface area contributed by atoms with Gasteiger partial charge in [-0.2, -0.15) is 0 Å². The highest BCUT2D eigenvalue weighted by atomic mass is 35.5. The van der Waals surface area contributed by atoms with Crippen molar-refractivity contribution < 1.29 is 9.18 Å². The van der Waals surface area contributed by atoms with Gasteiger partial charge in [-0.15, -0.1) is 0 Å². The molecular formula is C15H14ClFN2O. The molecule has 0 radical (unpaired) electrons. The van der Waals surface area contributed by atoms with Crippen LogP contribution in [0.5, 0.6) is 0 Å². The van der Waals surface area contributed by atoms with E-state index in [0.29, 0.717) is 23.7 Å². The first-order valence-electron chi connectivity index (χ1n) is 6.19. The Balaban J connectivity index is 1.78. The summed E-state index contributed by atoms with van der Waals surface area (Å²) in [5.41, 5.74) is 1.53. The molecule has 2 amide bonds. The fourth-order valence-corrected chi connectivity index (χ4v) is 1.88. The molecule has 0 aliphatic rings. The van der Waals surface area contributed by atoms with Crippen molar-refractivity contribution in [3.8, 4) is 0 Å². The Hall–Kier alpha value is -2.07. The number of nitrogens with one attached hydrogen (secondary N) is 2. The molecule has 0 saturated heterocycles. The first-order valence-corrected chi connectivity index (χ1v) is 6.57. The summed E-state index contributed by atoms with van der Waals surface area (Å²) in [7, 11) is 0. The zero-order valence-electron chi connectivity index (χ0n) is 10.7. The molecule has 0 heterocycles. The third-order valence-electron chi connectivity index (χ3n) is 2.73. The summed E-state index contributed by atoms with van der Waals surface area (Å²) in [5, 5.41) is 5.87. The van der Waals surface area contributed by atoms with Crippen molar-refractivity contribution in [1.82, 2.24) is 5.32 Å². The van der Waals surface area contributed by atoms with Gasteiger partial charge in [0.2, 0.25) is 0 Å². The molecule has 3 nitrogen and oxygen atoms in total. The van der Waals surface area contributed by atoms with E-state index in [4.69, 9.17) is 11.6 Å². The standard InChI is InChI=1S/C15H14ClFN2O/c16-13-3-1-2-4-14(13)19-15(20)18-10-9-11-5-7-12(17)8-6-11/h1-8H,9-10H2,(H2,18,19,20). The highest BCUT2D eigenvalue weighted by molar-refractivity contribution is 6.33. The molecule has 2 rings (SSSR count). The van der Waals surface area contributed by atoms with Crippen molar-refractivity contribution in [3.05, 3.63) is 64.9 Å². The van der Waals surface area contributed by atoms with Crippen LogP contribution >= 0.6 is 11.6 Å². The molecule has 0 saturated carbocycles. The van der Waals surface area contributed by atoms with E-state index >= 15 is 0 Å². The lowest BCUT2D eigenvalue weighted by Crippen LogP contribution is -2.30. The number of hydrogen-bond acceptors (Lipinski definition) is 1. The predicted molar refractivity (Wildman–Crippen MR) is 78.6 cm³/mol. The fraction of sp³-hybridized carbons (Fsp3) is 0.133. The number of carbonyl (C=O) groups excluding carboxylic acids is 1. The molecule has 0 fully saturated rings. The average molecular weight is 293 g/mol. The Labute approximate surface area is 121 Å². The lowest BCUT2D eigenvalue weighted by molar-refractivity contribution is 0.252. The van der Waals surface area contributed by atoms with Gasteiger partial charge < -0.3 is 10.6 Å². The summed E-state index contributed by atoms with van der Waals surface area (Å²) >= 11 is 5.94. The van der Waals surface area contributed by atoms with Crippen LogP contribution in [0.2, 0.25) is 5.02 Å². The second kappa shape index (κ2) is 6.91. The molecule has 2 aromatic carbocycles. The number of rotatable bonds is 4. The van der Waals surface area contributed by atoms with Crippen molar-refractivity contribution in [3.63, 3.8) is 0 Å². The van der Waals surface area contributed by atoms with Crippen molar-refractivity contribution >= 4 is 23.3 Å². The van der Waals surface area contributed by atoms with Gasteiger partial charge in [0.1, 0.15) is 5.82 Å². The van der Waals surface area contributed by atoms with Crippen LogP contribution in [0.3, 0.4) is 0 Å². The molecule has 0 atom stereocenters. The zero-order valence-corrected chi connectivity index (χ0v) is 11.5. The Kier molecular flexibility index (Phi) is 4.96. The molecule has 0 aliphatic heterocycles. The maximum atomic E-state index is 12.7. The molecule has 0 spiro atoms. The summed E-state index contributed by atoms with van der Waals surface area (Å²) in [6.07, 6.45) is 0.635. The van der Waals surface area contributed by atoms with Gasteiger partial charge in [-0.3, -0.25) is 0 Å². The van der Waals surface area contributed by atoms with Crippen LogP contribution in [0.1, 0.15) is 5.56 Å². The number of benzene rings is 2. The Morgan fingerprint density at radius 1 is 1.10 bits per heavy atom. The molecule has 104 valence electrons. The van der Waals surface area contributed by atoms with E-state index in [2.05, 4.69) is 10.6 Å². The largest absolute Gasteiger partial charge is 0.338 e. The van der Waals surface area contributed by atoms with Gasteiger partial charge in [0.25, 0.3) is 0 Å². The number of hydrogen-bond donors (Lipinski definition) is 2. The monoisotopic (exact) mass is 292 g/mol. The van der Waals surface area contributed by atoms with Gasteiger partial charge in [0.15, 0.2) is 0 Å². The number of halogens is 2. The number of para-hydroxylation sites is 1. The quantitative estimate of drug-likeness (QED) is 0.883. The van der Waals surface area contributed by atoms with E-state index in [-0.39, 0.29) is 11.8 Å². The van der Waals surface area contributed by atoms with E-state index in [9.17, 15) is 9.18 Å². The summed E-state index contributed by atoms with van der Waals surface area (Å²) < 4.78 is 12.7. The molecule has 0 aliphatic carbocycles. The minimum atomic E-state index is -0.319. The average Bonchev–Trinajstić information content (AvgIpc) is 2.44. The van der Waals surface area contributed by atoms with E-state index in [1.54, 1.807) is 36.4 Å². The number of anilines is 1.